The number of fused-ring (bicyclic) bond motifs is 1. The second-order valence-electron chi connectivity index (χ2n) is 12.5. The van der Waals surface area contributed by atoms with Crippen LogP contribution >= 0.6 is 8.17 Å². The molecule has 2 atom stereocenters. The van der Waals surface area contributed by atoms with Crippen LogP contribution in [0.3, 0.4) is 0 Å². The van der Waals surface area contributed by atoms with Gasteiger partial charge in [0.1, 0.15) is 18.4 Å². The lowest BCUT2D eigenvalue weighted by atomic mass is 9.86. The number of carbonyl (C=O) groups is 3. The summed E-state index contributed by atoms with van der Waals surface area (Å²) < 4.78 is 37.4. The Bertz CT molecular complexity index is 2090. The van der Waals surface area contributed by atoms with Gasteiger partial charge in [-0.15, -0.1) is 0 Å². The van der Waals surface area contributed by atoms with Crippen LogP contribution < -0.4 is 23.6 Å². The Morgan fingerprint density at radius 3 is 1.71 bits per heavy atom. The molecule has 0 aromatic heterocycles. The largest absolute Gasteiger partial charge is 0.766 e. The molecule has 2 heterocycles. The highest BCUT2D eigenvalue weighted by atomic mass is 31.2. The zero-order valence-corrected chi connectivity index (χ0v) is 30.6. The Hall–Kier alpha value is -6.92. The van der Waals surface area contributed by atoms with Crippen LogP contribution in [0.2, 0.25) is 0 Å². The Kier molecular flexibility index (Phi) is 11.4. The molecule has 0 bridgehead atoms. The van der Waals surface area contributed by atoms with Crippen molar-refractivity contribution in [1.82, 2.24) is 10.2 Å². The van der Waals surface area contributed by atoms with Crippen LogP contribution in [0.1, 0.15) is 18.4 Å². The molecular weight excluding hydrogens is 741 g/mol. The van der Waals surface area contributed by atoms with Crippen LogP contribution in [0.15, 0.2) is 157 Å². The number of hydrogen-bond acceptors (Lipinski definition) is 11. The monoisotopic (exact) mass is 776 g/mol. The Morgan fingerprint density at radius 1 is 0.714 bits per heavy atom. The molecule has 0 saturated carbocycles. The maximum absolute atomic E-state index is 14.2. The molecule has 1 fully saturated rings. The number of nitro benzene ring substituents is 1. The number of carbonyl (C=O) groups excluding carboxylic acids is 3. The molecule has 5 aromatic rings. The van der Waals surface area contributed by atoms with Crippen molar-refractivity contribution in [1.29, 1.82) is 0 Å². The third kappa shape index (κ3) is 8.88. The van der Waals surface area contributed by atoms with Gasteiger partial charge in [-0.3, -0.25) is 24.6 Å². The number of hydrogen-bond donors (Lipinski definition) is 1. The summed E-state index contributed by atoms with van der Waals surface area (Å²) in [6.07, 6.45) is 0.353. The molecule has 0 spiro atoms. The molecule has 2 aliphatic rings. The van der Waals surface area contributed by atoms with E-state index in [0.717, 1.165) is 0 Å². The first-order valence-electron chi connectivity index (χ1n) is 17.5. The van der Waals surface area contributed by atoms with Crippen LogP contribution in [0, 0.1) is 10.1 Å². The average molecular weight is 777 g/mol. The van der Waals surface area contributed by atoms with Crippen LogP contribution in [0.25, 0.3) is 0 Å². The molecular formula is C41H35N3O11P+. The minimum absolute atomic E-state index is 0.00314. The fraction of sp³-hybridized carbons (Fsp3) is 0.146. The van der Waals surface area contributed by atoms with Gasteiger partial charge in [-0.05, 0) is 72.6 Å². The first kappa shape index (κ1) is 37.4. The van der Waals surface area contributed by atoms with Gasteiger partial charge in [0.15, 0.2) is 35.3 Å². The Morgan fingerprint density at radius 2 is 1.21 bits per heavy atom. The highest BCUT2D eigenvalue weighted by Gasteiger charge is 2.61. The highest BCUT2D eigenvalue weighted by Crippen LogP contribution is 2.64. The number of rotatable bonds is 16. The third-order valence-electron chi connectivity index (χ3n) is 8.64. The van der Waals surface area contributed by atoms with E-state index in [1.54, 1.807) is 97.1 Å². The van der Waals surface area contributed by atoms with E-state index in [1.807, 2.05) is 24.3 Å². The van der Waals surface area contributed by atoms with Crippen LogP contribution in [0.5, 0.6) is 23.0 Å². The molecule has 0 radical (unpaired) electrons. The Labute approximate surface area is 322 Å². The van der Waals surface area contributed by atoms with Crippen molar-refractivity contribution in [2.75, 3.05) is 6.61 Å². The minimum atomic E-state index is -4.07. The number of non-ortho nitro benzene ring substituents is 1. The lowest BCUT2D eigenvalue weighted by Crippen LogP contribution is -2.72. The van der Waals surface area contributed by atoms with Crippen molar-refractivity contribution in [3.05, 3.63) is 173 Å². The normalized spacial score (nSPS) is 16.1. The molecule has 1 N–H and O–H groups in total. The molecule has 2 amide bonds. The van der Waals surface area contributed by atoms with Gasteiger partial charge in [0.2, 0.25) is 0 Å². The summed E-state index contributed by atoms with van der Waals surface area (Å²) in [4.78, 5) is 52.9. The maximum Gasteiger partial charge on any atom is 0.766 e. The van der Waals surface area contributed by atoms with Crippen LogP contribution in [0.4, 0.5) is 5.69 Å². The second kappa shape index (κ2) is 17.0. The lowest BCUT2D eigenvalue weighted by molar-refractivity contribution is -0.384. The molecule has 7 rings (SSSR count). The number of β-lactam (4-membered cyclic amide) rings is 1. The number of benzene rings is 5. The molecule has 0 aliphatic carbocycles. The summed E-state index contributed by atoms with van der Waals surface area (Å²) in [5.41, 5.74) is 0.109. The highest BCUT2D eigenvalue weighted by molar-refractivity contribution is 7.57. The second-order valence-corrected chi connectivity index (χ2v) is 14.1. The first-order valence-corrected chi connectivity index (χ1v) is 19.0. The molecule has 284 valence electrons. The molecule has 14 nitrogen and oxygen atoms in total. The van der Waals surface area contributed by atoms with E-state index in [0.29, 0.717) is 28.6 Å². The van der Waals surface area contributed by atoms with Crippen LogP contribution in [-0.4, -0.2) is 46.3 Å². The summed E-state index contributed by atoms with van der Waals surface area (Å²) >= 11 is 0. The van der Waals surface area contributed by atoms with Gasteiger partial charge in [0, 0.05) is 18.6 Å². The van der Waals surface area contributed by atoms with Gasteiger partial charge in [-0.1, -0.05) is 72.8 Å². The van der Waals surface area contributed by atoms with Crippen molar-refractivity contribution in [3.8, 4) is 23.0 Å². The summed E-state index contributed by atoms with van der Waals surface area (Å²) in [6, 6.07) is 38.9. The molecule has 0 unspecified atom stereocenters. The number of ether oxygens (including phenoxy) is 2. The van der Waals surface area contributed by atoms with Crippen molar-refractivity contribution < 1.29 is 46.9 Å². The SMILES string of the molecule is O=C(COc1ccccc1)N[C@@H]1C(=O)N2C(C(=O)OCc3ccc([N+](=O)[O-])cc3)=C(O[P+](Oc3ccccc3)(Oc3ccccc3)Oc3ccccc3)CC[C@H]12. The fourth-order valence-corrected chi connectivity index (χ4v) is 7.81. The standard InChI is InChI=1S/C41H34N3O11P/c45-37(28-50-31-13-5-1-6-14-31)42-38-35-25-26-36(39(43(35)40(38)46)41(47)51-27-29-21-23-30(24-22-29)44(48)49)55-56(52-32-15-7-2-8-16-32,53-33-17-9-3-10-18-33)54-34-19-11-4-12-20-34/h1-24,35,38H,25-28H2/p+1/t35-,38+/m1/s1. The van der Waals surface area contributed by atoms with E-state index in [9.17, 15) is 24.5 Å². The van der Waals surface area contributed by atoms with E-state index in [1.165, 1.54) is 29.2 Å². The van der Waals surface area contributed by atoms with E-state index >= 15 is 0 Å². The zero-order valence-electron chi connectivity index (χ0n) is 29.7. The number of amides is 2. The molecule has 56 heavy (non-hydrogen) atoms. The van der Waals surface area contributed by atoms with Gasteiger partial charge < -0.3 is 14.8 Å². The molecule has 2 aliphatic heterocycles. The third-order valence-corrected chi connectivity index (χ3v) is 10.4. The van der Waals surface area contributed by atoms with Gasteiger partial charge in [-0.25, -0.2) is 22.9 Å². The lowest BCUT2D eigenvalue weighted by Gasteiger charge is -2.49. The van der Waals surface area contributed by atoms with Gasteiger partial charge in [-0.2, -0.15) is 0 Å². The quantitative estimate of drug-likeness (QED) is 0.0350. The summed E-state index contributed by atoms with van der Waals surface area (Å²) in [5.74, 6) is -0.521. The minimum Gasteiger partial charge on any atom is -0.484 e. The van der Waals surface area contributed by atoms with Crippen molar-refractivity contribution in [2.45, 2.75) is 31.5 Å². The number of nitrogens with one attached hydrogen (secondary N) is 1. The van der Waals surface area contributed by atoms with Crippen molar-refractivity contribution in [2.24, 2.45) is 0 Å². The Balaban J connectivity index is 1.22. The average Bonchev–Trinajstić information content (AvgIpc) is 3.22. The van der Waals surface area contributed by atoms with E-state index in [-0.39, 0.29) is 43.2 Å². The zero-order chi connectivity index (χ0) is 38.9. The van der Waals surface area contributed by atoms with Gasteiger partial charge in [0.25, 0.3) is 17.5 Å². The summed E-state index contributed by atoms with van der Waals surface area (Å²) in [7, 11) is -4.07. The van der Waals surface area contributed by atoms with E-state index < -0.39 is 43.0 Å². The first-order chi connectivity index (χ1) is 27.3. The summed E-state index contributed by atoms with van der Waals surface area (Å²) in [5, 5.41) is 13.9. The number of allylic oxidation sites excluding steroid dienone is 1. The van der Waals surface area contributed by atoms with Crippen molar-refractivity contribution >= 4 is 31.6 Å². The summed E-state index contributed by atoms with van der Waals surface area (Å²) in [6.45, 7) is -0.606. The predicted molar refractivity (Wildman–Crippen MR) is 203 cm³/mol. The topological polar surface area (TPSA) is 165 Å². The van der Waals surface area contributed by atoms with E-state index in [2.05, 4.69) is 5.32 Å². The smallest absolute Gasteiger partial charge is 0.484 e. The number of esters is 1. The molecule has 1 saturated heterocycles. The fourth-order valence-electron chi connectivity index (χ4n) is 6.00. The molecule has 15 heteroatoms. The van der Waals surface area contributed by atoms with Gasteiger partial charge >= 0.3 is 14.1 Å². The number of nitrogens with zero attached hydrogens (tertiary/aromatic N) is 2. The van der Waals surface area contributed by atoms with Crippen LogP contribution in [-0.2, 0) is 30.3 Å². The van der Waals surface area contributed by atoms with Crippen molar-refractivity contribution in [3.63, 3.8) is 0 Å². The number of para-hydroxylation sites is 4. The van der Waals surface area contributed by atoms with Gasteiger partial charge in [0.05, 0.1) is 11.0 Å². The van der Waals surface area contributed by atoms with E-state index in [4.69, 9.17) is 27.6 Å². The number of nitro groups is 1. The predicted octanol–water partition coefficient (Wildman–Crippen LogP) is 7.35. The molecule has 5 aromatic carbocycles. The maximum atomic E-state index is 14.2.